The second-order valence-corrected chi connectivity index (χ2v) is 8.70. The zero-order chi connectivity index (χ0) is 20.7. The van der Waals surface area contributed by atoms with Crippen molar-refractivity contribution in [3.8, 4) is 5.75 Å². The first-order chi connectivity index (χ1) is 14.6. The molecule has 2 atom stereocenters. The molecule has 0 radical (unpaired) electrons. The van der Waals surface area contributed by atoms with Crippen LogP contribution < -0.4 is 15.0 Å². The van der Waals surface area contributed by atoms with E-state index in [-0.39, 0.29) is 17.9 Å². The Balaban J connectivity index is 1.32. The largest absolute Gasteiger partial charge is 0.489 e. The molecule has 1 fully saturated rings. The number of aliphatic hydroxyl groups excluding tert-OH is 1. The molecule has 1 aromatic heterocycles. The standard InChI is InChI=1S/C22H22N4O3S/c1-26-16-9-5-6-10-17(16)29-13-15(20(26)28)23-18(27)19-24-25-21(30-19)22(11-12-22)14-7-3-2-4-8-14/h2-10,15,18,23,27H,11-13H2,1H3/t15-,18?/m0/s1. The van der Waals surface area contributed by atoms with Crippen molar-refractivity contribution in [1.82, 2.24) is 15.5 Å². The molecule has 2 N–H and O–H groups in total. The van der Waals surface area contributed by atoms with Crippen LogP contribution in [0.25, 0.3) is 0 Å². The Bertz CT molecular complexity index is 1070. The van der Waals surface area contributed by atoms with Crippen LogP contribution in [0, 0.1) is 0 Å². The summed E-state index contributed by atoms with van der Waals surface area (Å²) in [7, 11) is 1.71. The Labute approximate surface area is 178 Å². The number of anilines is 1. The number of ether oxygens (including phenoxy) is 1. The lowest BCUT2D eigenvalue weighted by atomic mass is 9.97. The minimum absolute atomic E-state index is 0.0972. The molecule has 3 aromatic rings. The van der Waals surface area contributed by atoms with Gasteiger partial charge < -0.3 is 14.7 Å². The summed E-state index contributed by atoms with van der Waals surface area (Å²) in [5.74, 6) is 0.468. The number of likely N-dealkylation sites (N-methyl/N-ethyl adjacent to an activating group) is 1. The SMILES string of the molecule is CN1C(=O)[C@@H](NC(O)c2nnc(C3(c4ccccc4)CC3)s2)COc2ccccc21. The molecular formula is C22H22N4O3S. The van der Waals surface area contributed by atoms with Crippen LogP contribution in [0.1, 0.15) is 34.6 Å². The summed E-state index contributed by atoms with van der Waals surface area (Å²) in [5.41, 5.74) is 1.83. The maximum atomic E-state index is 12.9. The topological polar surface area (TPSA) is 87.6 Å². The number of hydrogen-bond acceptors (Lipinski definition) is 7. The lowest BCUT2D eigenvalue weighted by Gasteiger charge is -2.22. The van der Waals surface area contributed by atoms with Crippen LogP contribution in [-0.2, 0) is 10.2 Å². The average molecular weight is 423 g/mol. The van der Waals surface area contributed by atoms with E-state index in [9.17, 15) is 9.90 Å². The van der Waals surface area contributed by atoms with Gasteiger partial charge in [0, 0.05) is 12.5 Å². The summed E-state index contributed by atoms with van der Waals surface area (Å²) in [6.07, 6.45) is 0.940. The van der Waals surface area contributed by atoms with Crippen LogP contribution in [0.5, 0.6) is 5.75 Å². The molecule has 2 heterocycles. The first kappa shape index (κ1) is 19.2. The highest BCUT2D eigenvalue weighted by atomic mass is 32.1. The van der Waals surface area contributed by atoms with Gasteiger partial charge in [-0.25, -0.2) is 0 Å². The molecule has 0 bridgehead atoms. The predicted molar refractivity (Wildman–Crippen MR) is 114 cm³/mol. The summed E-state index contributed by atoms with van der Waals surface area (Å²) in [6.45, 7) is 0.122. The fourth-order valence-corrected chi connectivity index (χ4v) is 4.94. The number of para-hydroxylation sites is 2. The zero-order valence-corrected chi connectivity index (χ0v) is 17.3. The van der Waals surface area contributed by atoms with Gasteiger partial charge in [0.1, 0.15) is 23.4 Å². The number of fused-ring (bicyclic) bond motifs is 1. The minimum atomic E-state index is -1.10. The number of benzene rings is 2. The molecule has 30 heavy (non-hydrogen) atoms. The van der Waals surface area contributed by atoms with Crippen molar-refractivity contribution in [2.24, 2.45) is 0 Å². The predicted octanol–water partition coefficient (Wildman–Crippen LogP) is 2.62. The van der Waals surface area contributed by atoms with Gasteiger partial charge in [0.2, 0.25) is 5.91 Å². The molecule has 2 aromatic carbocycles. The molecular weight excluding hydrogens is 400 g/mol. The van der Waals surface area contributed by atoms with E-state index >= 15 is 0 Å². The van der Waals surface area contributed by atoms with Gasteiger partial charge in [-0.1, -0.05) is 53.8 Å². The monoisotopic (exact) mass is 422 g/mol. The number of aliphatic hydroxyl groups is 1. The Kier molecular flexibility index (Phi) is 4.77. The van der Waals surface area contributed by atoms with E-state index < -0.39 is 12.3 Å². The summed E-state index contributed by atoms with van der Waals surface area (Å²) in [5, 5.41) is 23.6. The van der Waals surface area contributed by atoms with Crippen LogP contribution >= 0.6 is 11.3 Å². The second-order valence-electron chi connectivity index (χ2n) is 7.69. The van der Waals surface area contributed by atoms with Crippen molar-refractivity contribution in [2.45, 2.75) is 30.5 Å². The van der Waals surface area contributed by atoms with E-state index in [2.05, 4.69) is 27.6 Å². The molecule has 1 amide bonds. The summed E-state index contributed by atoms with van der Waals surface area (Å²) >= 11 is 1.39. The van der Waals surface area contributed by atoms with Crippen LogP contribution in [0.4, 0.5) is 5.69 Å². The number of aromatic nitrogens is 2. The van der Waals surface area contributed by atoms with E-state index in [0.717, 1.165) is 17.8 Å². The molecule has 0 saturated heterocycles. The fourth-order valence-electron chi connectivity index (χ4n) is 3.88. The third-order valence-corrected chi connectivity index (χ3v) is 6.96. The second kappa shape index (κ2) is 7.46. The van der Waals surface area contributed by atoms with Crippen molar-refractivity contribution < 1.29 is 14.6 Å². The molecule has 5 rings (SSSR count). The van der Waals surface area contributed by atoms with Crippen LogP contribution in [0.15, 0.2) is 54.6 Å². The third-order valence-electron chi connectivity index (χ3n) is 5.78. The highest BCUT2D eigenvalue weighted by molar-refractivity contribution is 7.11. The first-order valence-electron chi connectivity index (χ1n) is 9.91. The highest BCUT2D eigenvalue weighted by Gasteiger charge is 2.49. The maximum Gasteiger partial charge on any atom is 0.247 e. The van der Waals surface area contributed by atoms with E-state index in [0.29, 0.717) is 16.4 Å². The number of carbonyl (C=O) groups excluding carboxylic acids is 1. The van der Waals surface area contributed by atoms with Crippen LogP contribution in [0.2, 0.25) is 0 Å². The number of hydrogen-bond donors (Lipinski definition) is 2. The van der Waals surface area contributed by atoms with Gasteiger partial charge in [-0.15, -0.1) is 10.2 Å². The maximum absolute atomic E-state index is 12.9. The molecule has 1 aliphatic carbocycles. The van der Waals surface area contributed by atoms with Crippen molar-refractivity contribution in [3.63, 3.8) is 0 Å². The van der Waals surface area contributed by atoms with E-state index in [4.69, 9.17) is 4.74 Å². The summed E-state index contributed by atoms with van der Waals surface area (Å²) in [4.78, 5) is 14.4. The molecule has 1 saturated carbocycles. The van der Waals surface area contributed by atoms with Gasteiger partial charge in [-0.05, 0) is 30.5 Å². The van der Waals surface area contributed by atoms with Crippen molar-refractivity contribution in [1.29, 1.82) is 0 Å². The summed E-state index contributed by atoms with van der Waals surface area (Å²) < 4.78 is 5.80. The molecule has 154 valence electrons. The molecule has 8 heteroatoms. The Morgan fingerprint density at radius 3 is 2.67 bits per heavy atom. The smallest absolute Gasteiger partial charge is 0.247 e. The molecule has 1 unspecified atom stereocenters. The van der Waals surface area contributed by atoms with E-state index in [1.807, 2.05) is 42.5 Å². The molecule has 0 spiro atoms. The number of nitrogens with one attached hydrogen (secondary N) is 1. The lowest BCUT2D eigenvalue weighted by Crippen LogP contribution is -2.48. The summed E-state index contributed by atoms with van der Waals surface area (Å²) in [6, 6.07) is 17.0. The zero-order valence-electron chi connectivity index (χ0n) is 16.5. The quantitative estimate of drug-likeness (QED) is 0.615. The van der Waals surface area contributed by atoms with Gasteiger partial charge in [0.05, 0.1) is 5.69 Å². The first-order valence-corrected chi connectivity index (χ1v) is 10.7. The molecule has 2 aliphatic rings. The Hall–Kier alpha value is -2.81. The van der Waals surface area contributed by atoms with Gasteiger partial charge >= 0.3 is 0 Å². The number of rotatable bonds is 5. The minimum Gasteiger partial charge on any atom is -0.489 e. The van der Waals surface area contributed by atoms with Gasteiger partial charge in [-0.2, -0.15) is 0 Å². The molecule has 7 nitrogen and oxygen atoms in total. The number of amides is 1. The van der Waals surface area contributed by atoms with Gasteiger partial charge in [0.25, 0.3) is 0 Å². The van der Waals surface area contributed by atoms with Crippen LogP contribution in [0.3, 0.4) is 0 Å². The van der Waals surface area contributed by atoms with Crippen molar-refractivity contribution in [2.75, 3.05) is 18.6 Å². The normalized spacial score (nSPS) is 20.8. The molecule has 1 aliphatic heterocycles. The Morgan fingerprint density at radius 2 is 1.90 bits per heavy atom. The van der Waals surface area contributed by atoms with Crippen molar-refractivity contribution >= 4 is 22.9 Å². The fraction of sp³-hybridized carbons (Fsp3) is 0.318. The van der Waals surface area contributed by atoms with Crippen molar-refractivity contribution in [3.05, 3.63) is 70.2 Å². The van der Waals surface area contributed by atoms with Gasteiger partial charge in [-0.3, -0.25) is 10.1 Å². The van der Waals surface area contributed by atoms with E-state index in [1.54, 1.807) is 11.9 Å². The number of nitrogens with zero attached hydrogens (tertiary/aromatic N) is 3. The highest BCUT2D eigenvalue weighted by Crippen LogP contribution is 2.54. The van der Waals surface area contributed by atoms with Crippen LogP contribution in [-0.4, -0.2) is 40.9 Å². The third kappa shape index (κ3) is 3.27. The number of carbonyl (C=O) groups is 1. The average Bonchev–Trinajstić information content (AvgIpc) is 3.47. The van der Waals surface area contributed by atoms with Gasteiger partial charge in [0.15, 0.2) is 11.2 Å². The van der Waals surface area contributed by atoms with E-state index in [1.165, 1.54) is 16.9 Å². The lowest BCUT2D eigenvalue weighted by molar-refractivity contribution is -0.121. The Morgan fingerprint density at radius 1 is 1.17 bits per heavy atom.